The minimum atomic E-state index is -0.115. The highest BCUT2D eigenvalue weighted by atomic mass is 16.3. The Morgan fingerprint density at radius 1 is 1.00 bits per heavy atom. The summed E-state index contributed by atoms with van der Waals surface area (Å²) in [5, 5.41) is 9.20. The summed E-state index contributed by atoms with van der Waals surface area (Å²) in [6.45, 7) is 0. The lowest BCUT2D eigenvalue weighted by Gasteiger charge is -2.15. The van der Waals surface area contributed by atoms with Crippen molar-refractivity contribution in [2.75, 3.05) is 4.90 Å². The highest BCUT2D eigenvalue weighted by Gasteiger charge is 2.50. The SMILES string of the molecule is O=C1C2CCCC2C(=O)N1c1ccc(O)cc1. The maximum absolute atomic E-state index is 12.1. The lowest BCUT2D eigenvalue weighted by Crippen LogP contribution is -2.31. The summed E-state index contributed by atoms with van der Waals surface area (Å²) in [6, 6.07) is 6.19. The maximum atomic E-state index is 12.1. The van der Waals surface area contributed by atoms with E-state index in [0.29, 0.717) is 5.69 Å². The molecule has 4 nitrogen and oxygen atoms in total. The lowest BCUT2D eigenvalue weighted by atomic mass is 10.00. The summed E-state index contributed by atoms with van der Waals surface area (Å²) in [7, 11) is 0. The topological polar surface area (TPSA) is 57.6 Å². The molecule has 1 aromatic carbocycles. The molecule has 17 heavy (non-hydrogen) atoms. The van der Waals surface area contributed by atoms with Crippen LogP contribution in [0, 0.1) is 11.8 Å². The number of phenols is 1. The molecule has 1 saturated carbocycles. The van der Waals surface area contributed by atoms with Gasteiger partial charge in [0.05, 0.1) is 17.5 Å². The molecular weight excluding hydrogens is 218 g/mol. The highest BCUT2D eigenvalue weighted by Crippen LogP contribution is 2.41. The molecule has 1 saturated heterocycles. The molecule has 0 bridgehead atoms. The number of benzene rings is 1. The smallest absolute Gasteiger partial charge is 0.237 e. The molecule has 1 aromatic rings. The van der Waals surface area contributed by atoms with Crippen LogP contribution in [0.15, 0.2) is 24.3 Å². The molecule has 0 aromatic heterocycles. The van der Waals surface area contributed by atoms with Crippen molar-refractivity contribution >= 4 is 17.5 Å². The zero-order valence-corrected chi connectivity index (χ0v) is 9.30. The molecule has 0 spiro atoms. The molecule has 4 heteroatoms. The third-order valence-corrected chi connectivity index (χ3v) is 3.70. The van der Waals surface area contributed by atoms with Gasteiger partial charge >= 0.3 is 0 Å². The van der Waals surface area contributed by atoms with Gasteiger partial charge in [0.25, 0.3) is 0 Å². The van der Waals surface area contributed by atoms with Gasteiger partial charge in [0.15, 0.2) is 0 Å². The van der Waals surface area contributed by atoms with E-state index < -0.39 is 0 Å². The zero-order chi connectivity index (χ0) is 12.0. The molecule has 1 aliphatic heterocycles. The number of aromatic hydroxyl groups is 1. The second kappa shape index (κ2) is 3.58. The first kappa shape index (κ1) is 10.3. The van der Waals surface area contributed by atoms with Gasteiger partial charge in [-0.25, -0.2) is 0 Å². The third kappa shape index (κ3) is 1.44. The van der Waals surface area contributed by atoms with Gasteiger partial charge in [0.2, 0.25) is 11.8 Å². The summed E-state index contributed by atoms with van der Waals surface area (Å²) in [4.78, 5) is 25.5. The largest absolute Gasteiger partial charge is 0.508 e. The molecule has 3 rings (SSSR count). The monoisotopic (exact) mass is 231 g/mol. The number of nitrogens with zero attached hydrogens (tertiary/aromatic N) is 1. The Hall–Kier alpha value is -1.84. The van der Waals surface area contributed by atoms with E-state index in [1.807, 2.05) is 0 Å². The van der Waals surface area contributed by atoms with E-state index in [1.54, 1.807) is 12.1 Å². The number of fused-ring (bicyclic) bond motifs is 1. The van der Waals surface area contributed by atoms with E-state index in [4.69, 9.17) is 0 Å². The number of rotatable bonds is 1. The van der Waals surface area contributed by atoms with Crippen molar-refractivity contribution in [3.8, 4) is 5.75 Å². The number of amides is 2. The van der Waals surface area contributed by atoms with Crippen molar-refractivity contribution in [2.45, 2.75) is 19.3 Å². The molecule has 0 radical (unpaired) electrons. The molecule has 88 valence electrons. The Balaban J connectivity index is 1.96. The molecule has 1 N–H and O–H groups in total. The Morgan fingerprint density at radius 2 is 1.53 bits per heavy atom. The third-order valence-electron chi connectivity index (χ3n) is 3.70. The molecule has 2 atom stereocenters. The fourth-order valence-electron chi connectivity index (χ4n) is 2.85. The van der Waals surface area contributed by atoms with Crippen LogP contribution in [0.2, 0.25) is 0 Å². The van der Waals surface area contributed by atoms with E-state index in [1.165, 1.54) is 17.0 Å². The van der Waals surface area contributed by atoms with Crippen LogP contribution in [-0.2, 0) is 9.59 Å². The number of hydrogen-bond donors (Lipinski definition) is 1. The van der Waals surface area contributed by atoms with E-state index in [-0.39, 0.29) is 29.4 Å². The minimum Gasteiger partial charge on any atom is -0.508 e. The van der Waals surface area contributed by atoms with Crippen molar-refractivity contribution < 1.29 is 14.7 Å². The fraction of sp³-hybridized carbons (Fsp3) is 0.385. The highest BCUT2D eigenvalue weighted by molar-refractivity contribution is 6.22. The average Bonchev–Trinajstić information content (AvgIpc) is 2.87. The number of carbonyl (C=O) groups is 2. The van der Waals surface area contributed by atoms with Crippen LogP contribution < -0.4 is 4.90 Å². The lowest BCUT2D eigenvalue weighted by molar-refractivity contribution is -0.122. The zero-order valence-electron chi connectivity index (χ0n) is 9.30. The van der Waals surface area contributed by atoms with Gasteiger partial charge in [0, 0.05) is 0 Å². The average molecular weight is 231 g/mol. The van der Waals surface area contributed by atoms with Gasteiger partial charge in [-0.1, -0.05) is 6.42 Å². The van der Waals surface area contributed by atoms with Gasteiger partial charge in [-0.15, -0.1) is 0 Å². The van der Waals surface area contributed by atoms with Crippen molar-refractivity contribution in [3.63, 3.8) is 0 Å². The standard InChI is InChI=1S/C13H13NO3/c15-9-6-4-8(5-7-9)14-12(16)10-2-1-3-11(10)13(14)17/h4-7,10-11,15H,1-3H2. The van der Waals surface area contributed by atoms with Crippen LogP contribution in [0.4, 0.5) is 5.69 Å². The second-order valence-corrected chi connectivity index (χ2v) is 4.67. The fourth-order valence-corrected chi connectivity index (χ4v) is 2.85. The Kier molecular flexibility index (Phi) is 2.18. The number of phenolic OH excluding ortho intramolecular Hbond substituents is 1. The molecule has 2 unspecified atom stereocenters. The van der Waals surface area contributed by atoms with E-state index in [0.717, 1.165) is 19.3 Å². The van der Waals surface area contributed by atoms with Crippen LogP contribution >= 0.6 is 0 Å². The molecule has 2 amide bonds. The summed E-state index contributed by atoms with van der Waals surface area (Å²) in [5.74, 6) is -0.257. The van der Waals surface area contributed by atoms with Gasteiger partial charge in [-0.3, -0.25) is 14.5 Å². The predicted molar refractivity (Wildman–Crippen MR) is 61.4 cm³/mol. The van der Waals surface area contributed by atoms with E-state index in [9.17, 15) is 14.7 Å². The molecule has 2 fully saturated rings. The number of anilines is 1. The minimum absolute atomic E-state index is 0.0804. The van der Waals surface area contributed by atoms with Crippen molar-refractivity contribution in [3.05, 3.63) is 24.3 Å². The van der Waals surface area contributed by atoms with Crippen LogP contribution in [0.3, 0.4) is 0 Å². The Morgan fingerprint density at radius 3 is 2.06 bits per heavy atom. The summed E-state index contributed by atoms with van der Waals surface area (Å²) < 4.78 is 0. The van der Waals surface area contributed by atoms with Crippen molar-refractivity contribution in [2.24, 2.45) is 11.8 Å². The summed E-state index contributed by atoms with van der Waals surface area (Å²) in [6.07, 6.45) is 2.61. The van der Waals surface area contributed by atoms with Gasteiger partial charge in [-0.2, -0.15) is 0 Å². The number of imide groups is 1. The maximum Gasteiger partial charge on any atom is 0.237 e. The van der Waals surface area contributed by atoms with Crippen LogP contribution in [0.5, 0.6) is 5.75 Å². The van der Waals surface area contributed by atoms with Gasteiger partial charge in [0.1, 0.15) is 5.75 Å². The summed E-state index contributed by atoms with van der Waals surface area (Å²) in [5.41, 5.74) is 0.562. The van der Waals surface area contributed by atoms with Crippen LogP contribution in [0.25, 0.3) is 0 Å². The molecule has 1 heterocycles. The van der Waals surface area contributed by atoms with Gasteiger partial charge < -0.3 is 5.11 Å². The first-order valence-electron chi connectivity index (χ1n) is 5.85. The van der Waals surface area contributed by atoms with E-state index in [2.05, 4.69) is 0 Å². The quantitative estimate of drug-likeness (QED) is 0.748. The van der Waals surface area contributed by atoms with Crippen molar-refractivity contribution in [1.82, 2.24) is 0 Å². The number of hydrogen-bond acceptors (Lipinski definition) is 3. The molecular formula is C13H13NO3. The van der Waals surface area contributed by atoms with Gasteiger partial charge in [-0.05, 0) is 37.1 Å². The van der Waals surface area contributed by atoms with Crippen LogP contribution in [0.1, 0.15) is 19.3 Å². The van der Waals surface area contributed by atoms with Crippen LogP contribution in [-0.4, -0.2) is 16.9 Å². The molecule has 1 aliphatic carbocycles. The van der Waals surface area contributed by atoms with E-state index >= 15 is 0 Å². The summed E-state index contributed by atoms with van der Waals surface area (Å²) >= 11 is 0. The Labute approximate surface area is 98.9 Å². The number of carbonyl (C=O) groups excluding carboxylic acids is 2. The first-order valence-corrected chi connectivity index (χ1v) is 5.85. The predicted octanol–water partition coefficient (Wildman–Crippen LogP) is 1.68. The normalized spacial score (nSPS) is 27.6. The Bertz CT molecular complexity index is 458. The molecule has 2 aliphatic rings. The first-order chi connectivity index (χ1) is 8.18. The second-order valence-electron chi connectivity index (χ2n) is 4.67. The van der Waals surface area contributed by atoms with Crippen molar-refractivity contribution in [1.29, 1.82) is 0 Å².